The maximum Gasteiger partial charge on any atom is 0.191 e. The van der Waals surface area contributed by atoms with Crippen LogP contribution in [-0.4, -0.2) is 19.7 Å². The lowest BCUT2D eigenvalue weighted by atomic mass is 10.1. The van der Waals surface area contributed by atoms with Crippen LogP contribution in [0.1, 0.15) is 24.0 Å². The maximum atomic E-state index is 12.4. The fourth-order valence-electron chi connectivity index (χ4n) is 3.19. The molecule has 2 aromatic carbocycles. The van der Waals surface area contributed by atoms with Gasteiger partial charge in [0.2, 0.25) is 0 Å². The number of aromatic nitrogens is 4. The number of benzene rings is 2. The van der Waals surface area contributed by atoms with E-state index in [2.05, 4.69) is 15.2 Å². The summed E-state index contributed by atoms with van der Waals surface area (Å²) in [5.74, 6) is 1.92. The maximum absolute atomic E-state index is 12.4. The van der Waals surface area contributed by atoms with Crippen molar-refractivity contribution in [2.75, 3.05) is 0 Å². The Labute approximate surface area is 183 Å². The van der Waals surface area contributed by atoms with Crippen LogP contribution in [0.25, 0.3) is 10.9 Å². The molecule has 30 heavy (non-hydrogen) atoms. The standard InChI is InChI=1S/C22H21ClN4O2S/c1-3-27-21(12-29-20-7-5-4-6-17(20)23)25-26-22(27)30-13-15-11-19(28)16-10-14(2)8-9-18(16)24-15/h4-11H,3,12-13H2,1-2H3,(H,24,28). The van der Waals surface area contributed by atoms with Crippen molar-refractivity contribution in [3.8, 4) is 5.75 Å². The smallest absolute Gasteiger partial charge is 0.191 e. The van der Waals surface area contributed by atoms with Gasteiger partial charge < -0.3 is 14.3 Å². The fraction of sp³-hybridized carbons (Fsp3) is 0.227. The highest BCUT2D eigenvalue weighted by Crippen LogP contribution is 2.25. The van der Waals surface area contributed by atoms with Crippen molar-refractivity contribution in [3.63, 3.8) is 0 Å². The van der Waals surface area contributed by atoms with Crippen molar-refractivity contribution in [1.82, 2.24) is 19.7 Å². The van der Waals surface area contributed by atoms with Gasteiger partial charge in [0.1, 0.15) is 12.4 Å². The Balaban J connectivity index is 1.49. The molecule has 6 nitrogen and oxygen atoms in total. The zero-order valence-electron chi connectivity index (χ0n) is 16.7. The topological polar surface area (TPSA) is 72.8 Å². The summed E-state index contributed by atoms with van der Waals surface area (Å²) in [5, 5.41) is 10.6. The minimum absolute atomic E-state index is 0.0221. The molecule has 1 N–H and O–H groups in total. The Morgan fingerprint density at radius 1 is 1.17 bits per heavy atom. The normalized spacial score (nSPS) is 11.2. The van der Waals surface area contributed by atoms with Crippen LogP contribution in [0.15, 0.2) is 58.5 Å². The minimum atomic E-state index is 0.0221. The highest BCUT2D eigenvalue weighted by Gasteiger charge is 2.13. The molecule has 0 radical (unpaired) electrons. The highest BCUT2D eigenvalue weighted by molar-refractivity contribution is 7.98. The third kappa shape index (κ3) is 4.37. The van der Waals surface area contributed by atoms with Crippen molar-refractivity contribution >= 4 is 34.3 Å². The first-order chi connectivity index (χ1) is 14.5. The lowest BCUT2D eigenvalue weighted by molar-refractivity contribution is 0.288. The van der Waals surface area contributed by atoms with Crippen LogP contribution in [0.2, 0.25) is 5.02 Å². The van der Waals surface area contributed by atoms with E-state index in [1.54, 1.807) is 12.1 Å². The van der Waals surface area contributed by atoms with Crippen molar-refractivity contribution in [2.45, 2.75) is 37.9 Å². The van der Waals surface area contributed by atoms with E-state index >= 15 is 0 Å². The van der Waals surface area contributed by atoms with Crippen LogP contribution in [0, 0.1) is 6.92 Å². The number of rotatable bonds is 7. The quantitative estimate of drug-likeness (QED) is 0.410. The number of fused-ring (bicyclic) bond motifs is 1. The average molecular weight is 441 g/mol. The molecule has 0 saturated heterocycles. The van der Waals surface area contributed by atoms with E-state index in [0.29, 0.717) is 28.5 Å². The van der Waals surface area contributed by atoms with Gasteiger partial charge in [0.25, 0.3) is 0 Å². The van der Waals surface area contributed by atoms with E-state index in [-0.39, 0.29) is 12.0 Å². The zero-order chi connectivity index (χ0) is 21.1. The molecule has 0 amide bonds. The van der Waals surface area contributed by atoms with Gasteiger partial charge in [-0.2, -0.15) is 0 Å². The molecular weight excluding hydrogens is 420 g/mol. The number of ether oxygens (including phenoxy) is 1. The van der Waals surface area contributed by atoms with Gasteiger partial charge >= 0.3 is 0 Å². The molecule has 2 heterocycles. The van der Waals surface area contributed by atoms with Gasteiger partial charge in [0.05, 0.1) is 5.02 Å². The first kappa shape index (κ1) is 20.5. The Hall–Kier alpha value is -2.77. The minimum Gasteiger partial charge on any atom is -0.484 e. The number of halogens is 1. The van der Waals surface area contributed by atoms with Gasteiger partial charge in [-0.05, 0) is 38.1 Å². The number of H-pyrrole nitrogens is 1. The summed E-state index contributed by atoms with van der Waals surface area (Å²) in [7, 11) is 0. The second kappa shape index (κ2) is 8.93. The first-order valence-corrected chi connectivity index (χ1v) is 11.0. The molecule has 0 bridgehead atoms. The number of para-hydroxylation sites is 1. The first-order valence-electron chi connectivity index (χ1n) is 9.60. The summed E-state index contributed by atoms with van der Waals surface area (Å²) in [5.41, 5.74) is 2.78. The predicted molar refractivity (Wildman–Crippen MR) is 120 cm³/mol. The molecule has 0 aliphatic rings. The number of pyridine rings is 1. The van der Waals surface area contributed by atoms with E-state index < -0.39 is 0 Å². The van der Waals surface area contributed by atoms with E-state index in [0.717, 1.165) is 27.8 Å². The largest absolute Gasteiger partial charge is 0.484 e. The summed E-state index contributed by atoms with van der Waals surface area (Å²) in [6, 6.07) is 14.8. The Morgan fingerprint density at radius 3 is 2.80 bits per heavy atom. The summed E-state index contributed by atoms with van der Waals surface area (Å²) < 4.78 is 7.81. The number of aryl methyl sites for hydroxylation is 1. The lowest BCUT2D eigenvalue weighted by Gasteiger charge is -2.10. The molecule has 0 unspecified atom stereocenters. The van der Waals surface area contributed by atoms with Crippen molar-refractivity contribution < 1.29 is 4.74 Å². The van der Waals surface area contributed by atoms with Gasteiger partial charge in [-0.3, -0.25) is 4.79 Å². The lowest BCUT2D eigenvalue weighted by Crippen LogP contribution is -2.08. The average Bonchev–Trinajstić information content (AvgIpc) is 3.14. The van der Waals surface area contributed by atoms with E-state index in [9.17, 15) is 4.79 Å². The van der Waals surface area contributed by atoms with Crippen LogP contribution in [0.3, 0.4) is 0 Å². The molecular formula is C22H21ClN4O2S. The van der Waals surface area contributed by atoms with Crippen LogP contribution in [0.5, 0.6) is 5.75 Å². The molecule has 4 rings (SSSR count). The molecule has 0 fully saturated rings. The summed E-state index contributed by atoms with van der Waals surface area (Å²) in [6.45, 7) is 5.00. The molecule has 0 aliphatic carbocycles. The summed E-state index contributed by atoms with van der Waals surface area (Å²) in [4.78, 5) is 15.8. The van der Waals surface area contributed by atoms with E-state index in [1.807, 2.05) is 54.8 Å². The zero-order valence-corrected chi connectivity index (χ0v) is 18.3. The number of hydrogen-bond donors (Lipinski definition) is 1. The fourth-order valence-corrected chi connectivity index (χ4v) is 4.31. The van der Waals surface area contributed by atoms with Gasteiger partial charge in [-0.1, -0.05) is 47.1 Å². The van der Waals surface area contributed by atoms with Gasteiger partial charge in [-0.25, -0.2) is 0 Å². The highest BCUT2D eigenvalue weighted by atomic mass is 35.5. The van der Waals surface area contributed by atoms with Crippen LogP contribution in [0.4, 0.5) is 0 Å². The third-order valence-electron chi connectivity index (χ3n) is 4.70. The summed E-state index contributed by atoms with van der Waals surface area (Å²) >= 11 is 7.68. The van der Waals surface area contributed by atoms with Gasteiger partial charge in [-0.15, -0.1) is 10.2 Å². The predicted octanol–water partition coefficient (Wildman–Crippen LogP) is 4.97. The number of nitrogens with one attached hydrogen (secondary N) is 1. The molecule has 2 aromatic heterocycles. The van der Waals surface area contributed by atoms with Gasteiger partial charge in [0, 0.05) is 35.0 Å². The second-order valence-corrected chi connectivity index (χ2v) is 8.21. The number of aromatic amines is 1. The SMILES string of the molecule is CCn1c(COc2ccccc2Cl)nnc1SCc1cc(=O)c2cc(C)ccc2[nH]1. The monoisotopic (exact) mass is 440 g/mol. The molecule has 4 aromatic rings. The van der Waals surface area contributed by atoms with Crippen LogP contribution in [-0.2, 0) is 18.9 Å². The van der Waals surface area contributed by atoms with E-state index in [4.69, 9.17) is 16.3 Å². The molecule has 0 spiro atoms. The van der Waals surface area contributed by atoms with Crippen LogP contribution < -0.4 is 10.2 Å². The molecule has 154 valence electrons. The van der Waals surface area contributed by atoms with Crippen molar-refractivity contribution in [1.29, 1.82) is 0 Å². The summed E-state index contributed by atoms with van der Waals surface area (Å²) in [6.07, 6.45) is 0. The van der Waals surface area contributed by atoms with Crippen molar-refractivity contribution in [2.24, 2.45) is 0 Å². The Kier molecular flexibility index (Phi) is 6.11. The van der Waals surface area contributed by atoms with E-state index in [1.165, 1.54) is 11.8 Å². The Bertz CT molecular complexity index is 1250. The third-order valence-corrected chi connectivity index (χ3v) is 6.03. The van der Waals surface area contributed by atoms with Crippen molar-refractivity contribution in [3.05, 3.63) is 80.9 Å². The molecule has 0 saturated carbocycles. The number of hydrogen-bond acceptors (Lipinski definition) is 5. The number of nitrogens with zero attached hydrogens (tertiary/aromatic N) is 3. The second-order valence-electron chi connectivity index (χ2n) is 6.86. The van der Waals surface area contributed by atoms with Gasteiger partial charge in [0.15, 0.2) is 16.4 Å². The molecule has 8 heteroatoms. The number of thioether (sulfide) groups is 1. The molecule has 0 aliphatic heterocycles. The van der Waals surface area contributed by atoms with Crippen LogP contribution >= 0.6 is 23.4 Å². The molecule has 0 atom stereocenters. The Morgan fingerprint density at radius 2 is 2.00 bits per heavy atom.